The fourth-order valence-electron chi connectivity index (χ4n) is 3.74. The van der Waals surface area contributed by atoms with Crippen LogP contribution in [0.5, 0.6) is 0 Å². The lowest BCUT2D eigenvalue weighted by molar-refractivity contribution is 0.195. The maximum atomic E-state index is 5.16. The van der Waals surface area contributed by atoms with Gasteiger partial charge in [0.2, 0.25) is 0 Å². The molecule has 148 valence electrons. The van der Waals surface area contributed by atoms with Crippen molar-refractivity contribution < 1.29 is 4.74 Å². The maximum absolute atomic E-state index is 5.16. The molecule has 2 heterocycles. The van der Waals surface area contributed by atoms with Gasteiger partial charge in [-0.3, -0.25) is 0 Å². The largest absolute Gasteiger partial charge is 0.385 e. The zero-order valence-corrected chi connectivity index (χ0v) is 17.2. The van der Waals surface area contributed by atoms with Crippen molar-refractivity contribution in [1.82, 2.24) is 25.0 Å². The zero-order chi connectivity index (χ0) is 18.9. The summed E-state index contributed by atoms with van der Waals surface area (Å²) in [4.78, 5) is 7.28. The van der Waals surface area contributed by atoms with Crippen molar-refractivity contribution in [3.05, 3.63) is 11.6 Å². The lowest BCUT2D eigenvalue weighted by Crippen LogP contribution is -2.41. The number of aliphatic imine (C=N–C) groups is 1. The van der Waals surface area contributed by atoms with Crippen molar-refractivity contribution in [2.75, 3.05) is 33.4 Å². The van der Waals surface area contributed by atoms with Gasteiger partial charge in [0.05, 0.1) is 0 Å². The van der Waals surface area contributed by atoms with Crippen LogP contribution in [0.3, 0.4) is 0 Å². The number of likely N-dealkylation sites (tertiary alicyclic amines) is 1. The molecular formula is C19H36N6O. The minimum Gasteiger partial charge on any atom is -0.385 e. The quantitative estimate of drug-likeness (QED) is 0.414. The van der Waals surface area contributed by atoms with Crippen molar-refractivity contribution in [3.63, 3.8) is 0 Å². The summed E-state index contributed by atoms with van der Waals surface area (Å²) in [7, 11) is 3.73. The number of hydrogen-bond acceptors (Lipinski definition) is 4. The first-order chi connectivity index (χ1) is 12.6. The van der Waals surface area contributed by atoms with Crippen LogP contribution in [0, 0.1) is 18.8 Å². The molecule has 0 spiro atoms. The molecule has 1 aromatic rings. The van der Waals surface area contributed by atoms with E-state index in [1.165, 1.54) is 19.3 Å². The molecule has 26 heavy (non-hydrogen) atoms. The molecule has 7 nitrogen and oxygen atoms in total. The summed E-state index contributed by atoms with van der Waals surface area (Å²) < 4.78 is 7.16. The predicted octanol–water partition coefficient (Wildman–Crippen LogP) is 2.36. The van der Waals surface area contributed by atoms with Gasteiger partial charge in [-0.25, -0.2) is 4.99 Å². The first-order valence-electron chi connectivity index (χ1n) is 9.97. The summed E-state index contributed by atoms with van der Waals surface area (Å²) in [6, 6.07) is 0. The van der Waals surface area contributed by atoms with Gasteiger partial charge in [-0.15, -0.1) is 10.2 Å². The topological polar surface area (TPSA) is 67.6 Å². The Morgan fingerprint density at radius 3 is 2.73 bits per heavy atom. The van der Waals surface area contributed by atoms with Gasteiger partial charge in [0, 0.05) is 40.4 Å². The SMILES string of the molecule is CCC(CC)C1CCN(C(=NCc2nnc(C)n2C)NCCCOC)C1. The summed E-state index contributed by atoms with van der Waals surface area (Å²) >= 11 is 0. The van der Waals surface area contributed by atoms with E-state index >= 15 is 0 Å². The molecule has 0 aromatic carbocycles. The first kappa shape index (κ1) is 20.7. The number of hydrogen-bond donors (Lipinski definition) is 1. The maximum Gasteiger partial charge on any atom is 0.194 e. The third kappa shape index (κ3) is 5.43. The minimum atomic E-state index is 0.552. The van der Waals surface area contributed by atoms with Crippen molar-refractivity contribution in [1.29, 1.82) is 0 Å². The molecule has 1 fully saturated rings. The Bertz CT molecular complexity index is 566. The highest BCUT2D eigenvalue weighted by Gasteiger charge is 2.29. The molecule has 1 aliphatic rings. The Labute approximate surface area is 158 Å². The van der Waals surface area contributed by atoms with Crippen LogP contribution >= 0.6 is 0 Å². The van der Waals surface area contributed by atoms with E-state index in [9.17, 15) is 0 Å². The van der Waals surface area contributed by atoms with Crippen molar-refractivity contribution >= 4 is 5.96 Å². The Hall–Kier alpha value is -1.63. The fraction of sp³-hybridized carbons (Fsp3) is 0.842. The summed E-state index contributed by atoms with van der Waals surface area (Å²) in [5, 5.41) is 11.9. The van der Waals surface area contributed by atoms with Crippen LogP contribution in [-0.4, -0.2) is 59.0 Å². The van der Waals surface area contributed by atoms with E-state index in [-0.39, 0.29) is 0 Å². The average Bonchev–Trinajstić information content (AvgIpc) is 3.24. The third-order valence-electron chi connectivity index (χ3n) is 5.60. The van der Waals surface area contributed by atoms with Crippen LogP contribution in [0.4, 0.5) is 0 Å². The van der Waals surface area contributed by atoms with Gasteiger partial charge >= 0.3 is 0 Å². The van der Waals surface area contributed by atoms with Crippen LogP contribution < -0.4 is 5.32 Å². The highest BCUT2D eigenvalue weighted by molar-refractivity contribution is 5.80. The number of nitrogens with zero attached hydrogens (tertiary/aromatic N) is 5. The number of methoxy groups -OCH3 is 1. The van der Waals surface area contributed by atoms with E-state index in [1.807, 2.05) is 18.5 Å². The molecule has 1 saturated heterocycles. The molecular weight excluding hydrogens is 328 g/mol. The van der Waals surface area contributed by atoms with Crippen molar-refractivity contribution in [2.45, 2.75) is 53.0 Å². The molecule has 0 amide bonds. The zero-order valence-electron chi connectivity index (χ0n) is 17.2. The summed E-state index contributed by atoms with van der Waals surface area (Å²) in [6.07, 6.45) is 4.76. The van der Waals surface area contributed by atoms with Crippen molar-refractivity contribution in [2.24, 2.45) is 23.9 Å². The van der Waals surface area contributed by atoms with Gasteiger partial charge in [-0.05, 0) is 31.6 Å². The second-order valence-electron chi connectivity index (χ2n) is 7.21. The fourth-order valence-corrected chi connectivity index (χ4v) is 3.74. The number of ether oxygens (including phenoxy) is 1. The molecule has 0 aliphatic carbocycles. The molecule has 0 bridgehead atoms. The number of rotatable bonds is 9. The van der Waals surface area contributed by atoms with Gasteiger partial charge < -0.3 is 19.5 Å². The monoisotopic (exact) mass is 364 g/mol. The van der Waals surface area contributed by atoms with Gasteiger partial charge in [0.1, 0.15) is 12.4 Å². The Kier molecular flexibility index (Phi) is 8.35. The van der Waals surface area contributed by atoms with Crippen LogP contribution in [0.2, 0.25) is 0 Å². The van der Waals surface area contributed by atoms with Crippen LogP contribution in [0.25, 0.3) is 0 Å². The standard InChI is InChI=1S/C19H36N6O/c1-6-16(7-2)17-9-11-25(14-17)19(20-10-8-12-26-5)21-13-18-23-22-15(3)24(18)4/h16-17H,6-14H2,1-5H3,(H,20,21). The van der Waals surface area contributed by atoms with E-state index in [2.05, 4.69) is 34.3 Å². The lowest BCUT2D eigenvalue weighted by atomic mass is 9.87. The lowest BCUT2D eigenvalue weighted by Gasteiger charge is -2.24. The van der Waals surface area contributed by atoms with Gasteiger partial charge in [-0.1, -0.05) is 26.7 Å². The molecule has 0 saturated carbocycles. The number of guanidine groups is 1. The molecule has 7 heteroatoms. The Morgan fingerprint density at radius 1 is 1.35 bits per heavy atom. The minimum absolute atomic E-state index is 0.552. The second kappa shape index (κ2) is 10.5. The van der Waals surface area contributed by atoms with E-state index in [0.29, 0.717) is 6.54 Å². The third-order valence-corrected chi connectivity index (χ3v) is 5.60. The highest BCUT2D eigenvalue weighted by Crippen LogP contribution is 2.28. The van der Waals surface area contributed by atoms with Crippen LogP contribution in [0.15, 0.2) is 4.99 Å². The molecule has 1 unspecified atom stereocenters. The number of nitrogens with one attached hydrogen (secondary N) is 1. The van der Waals surface area contributed by atoms with E-state index < -0.39 is 0 Å². The summed E-state index contributed by atoms with van der Waals surface area (Å²) in [5.41, 5.74) is 0. The normalized spacial score (nSPS) is 18.2. The molecule has 1 aromatic heterocycles. The molecule has 0 radical (unpaired) electrons. The second-order valence-corrected chi connectivity index (χ2v) is 7.21. The van der Waals surface area contributed by atoms with Gasteiger partial charge in [-0.2, -0.15) is 0 Å². The number of aromatic nitrogens is 3. The van der Waals surface area contributed by atoms with E-state index in [4.69, 9.17) is 9.73 Å². The Morgan fingerprint density at radius 2 is 2.12 bits per heavy atom. The number of aryl methyl sites for hydroxylation is 1. The molecule has 1 aliphatic heterocycles. The predicted molar refractivity (Wildman–Crippen MR) is 105 cm³/mol. The van der Waals surface area contributed by atoms with Crippen molar-refractivity contribution in [3.8, 4) is 0 Å². The summed E-state index contributed by atoms with van der Waals surface area (Å²) in [5.74, 6) is 4.40. The van der Waals surface area contributed by atoms with Crippen LogP contribution in [0.1, 0.15) is 51.2 Å². The van der Waals surface area contributed by atoms with Crippen LogP contribution in [-0.2, 0) is 18.3 Å². The molecule has 1 N–H and O–H groups in total. The summed E-state index contributed by atoms with van der Waals surface area (Å²) in [6.45, 7) is 10.9. The Balaban J connectivity index is 2.03. The first-order valence-corrected chi connectivity index (χ1v) is 9.97. The molecule has 1 atom stereocenters. The van der Waals surface area contributed by atoms with E-state index in [1.54, 1.807) is 7.11 Å². The van der Waals surface area contributed by atoms with Gasteiger partial charge in [0.15, 0.2) is 11.8 Å². The van der Waals surface area contributed by atoms with E-state index in [0.717, 1.165) is 62.1 Å². The smallest absolute Gasteiger partial charge is 0.194 e. The highest BCUT2D eigenvalue weighted by atomic mass is 16.5. The van der Waals surface area contributed by atoms with Gasteiger partial charge in [0.25, 0.3) is 0 Å². The molecule has 2 rings (SSSR count). The average molecular weight is 365 g/mol.